The molecule has 3 heterocycles. The molecule has 4 nitrogen and oxygen atoms in total. The van der Waals surface area contributed by atoms with Gasteiger partial charge < -0.3 is 14.7 Å². The number of aromatic nitrogens is 1. The van der Waals surface area contributed by atoms with Gasteiger partial charge in [0.25, 0.3) is 0 Å². The molecule has 0 spiro atoms. The average molecular weight is 296 g/mol. The van der Waals surface area contributed by atoms with Crippen LogP contribution in [-0.2, 0) is 10.2 Å². The average Bonchev–Trinajstić information content (AvgIpc) is 2.97. The first-order valence-corrected chi connectivity index (χ1v) is 8.40. The first-order chi connectivity index (χ1) is 9.60. The van der Waals surface area contributed by atoms with Gasteiger partial charge in [0, 0.05) is 49.6 Å². The van der Waals surface area contributed by atoms with Gasteiger partial charge in [-0.25, -0.2) is 4.98 Å². The number of hydrogen-bond donors (Lipinski definition) is 1. The van der Waals surface area contributed by atoms with Crippen molar-refractivity contribution in [3.63, 3.8) is 0 Å². The van der Waals surface area contributed by atoms with Crippen molar-refractivity contribution >= 4 is 11.3 Å². The number of nitrogens with zero attached hydrogens (tertiary/aromatic N) is 2. The van der Waals surface area contributed by atoms with Crippen molar-refractivity contribution in [3.8, 4) is 0 Å². The molecule has 2 saturated heterocycles. The summed E-state index contributed by atoms with van der Waals surface area (Å²) >= 11 is 1.77. The fourth-order valence-corrected chi connectivity index (χ4v) is 4.13. The summed E-state index contributed by atoms with van der Waals surface area (Å²) in [5.41, 5.74) is -0.309. The number of likely N-dealkylation sites (tertiary alicyclic amines) is 1. The van der Waals surface area contributed by atoms with Crippen LogP contribution >= 0.6 is 11.3 Å². The van der Waals surface area contributed by atoms with Gasteiger partial charge in [0.05, 0.1) is 10.6 Å². The maximum atomic E-state index is 10.6. The van der Waals surface area contributed by atoms with Crippen LogP contribution in [0, 0.1) is 0 Å². The summed E-state index contributed by atoms with van der Waals surface area (Å²) in [6.07, 6.45) is 5.71. The Labute approximate surface area is 124 Å². The van der Waals surface area contributed by atoms with Crippen molar-refractivity contribution in [1.82, 2.24) is 9.88 Å². The Hall–Kier alpha value is -0.490. The fraction of sp³-hybridized carbons (Fsp3) is 0.800. The summed E-state index contributed by atoms with van der Waals surface area (Å²) in [7, 11) is 0. The Morgan fingerprint density at radius 1 is 1.30 bits per heavy atom. The zero-order chi connectivity index (χ0) is 14.1. The third-order valence-corrected chi connectivity index (χ3v) is 5.93. The monoisotopic (exact) mass is 296 g/mol. The lowest BCUT2D eigenvalue weighted by Crippen LogP contribution is -2.50. The van der Waals surface area contributed by atoms with Crippen LogP contribution in [0.5, 0.6) is 0 Å². The minimum Gasteiger partial charge on any atom is -0.388 e. The molecular weight excluding hydrogens is 272 g/mol. The molecule has 0 unspecified atom stereocenters. The number of aliphatic hydroxyl groups is 1. The summed E-state index contributed by atoms with van der Waals surface area (Å²) in [6, 6.07) is 0. The molecule has 2 aliphatic heterocycles. The van der Waals surface area contributed by atoms with Gasteiger partial charge in [0.1, 0.15) is 0 Å². The highest BCUT2D eigenvalue weighted by molar-refractivity contribution is 7.09. The minimum absolute atomic E-state index is 0.225. The van der Waals surface area contributed by atoms with E-state index in [4.69, 9.17) is 4.74 Å². The Morgan fingerprint density at radius 2 is 2.00 bits per heavy atom. The zero-order valence-corrected chi connectivity index (χ0v) is 13.0. The molecule has 3 rings (SSSR count). The molecule has 0 saturated carbocycles. The van der Waals surface area contributed by atoms with E-state index in [0.717, 1.165) is 45.3 Å². The molecule has 1 aromatic rings. The quantitative estimate of drug-likeness (QED) is 0.927. The van der Waals surface area contributed by atoms with Gasteiger partial charge in [-0.3, -0.25) is 0 Å². The van der Waals surface area contributed by atoms with E-state index in [-0.39, 0.29) is 5.41 Å². The number of ether oxygens (including phenoxy) is 1. The van der Waals surface area contributed by atoms with Crippen molar-refractivity contribution in [3.05, 3.63) is 16.6 Å². The number of thiazole rings is 1. The third kappa shape index (κ3) is 3.06. The highest BCUT2D eigenvalue weighted by Gasteiger charge is 2.37. The molecular formula is C15H24N2O2S. The van der Waals surface area contributed by atoms with E-state index in [9.17, 15) is 5.11 Å². The van der Waals surface area contributed by atoms with E-state index in [2.05, 4.69) is 22.2 Å². The van der Waals surface area contributed by atoms with E-state index < -0.39 is 5.60 Å². The van der Waals surface area contributed by atoms with Crippen LogP contribution in [0.15, 0.2) is 11.6 Å². The summed E-state index contributed by atoms with van der Waals surface area (Å²) in [4.78, 5) is 6.92. The van der Waals surface area contributed by atoms with Gasteiger partial charge in [0.15, 0.2) is 0 Å². The van der Waals surface area contributed by atoms with Crippen molar-refractivity contribution in [2.24, 2.45) is 0 Å². The van der Waals surface area contributed by atoms with E-state index in [1.54, 1.807) is 11.3 Å². The van der Waals surface area contributed by atoms with E-state index in [0.29, 0.717) is 13.2 Å². The molecule has 0 atom stereocenters. The van der Waals surface area contributed by atoms with Gasteiger partial charge in [-0.05, 0) is 25.9 Å². The summed E-state index contributed by atoms with van der Waals surface area (Å²) in [5.74, 6) is 0. The van der Waals surface area contributed by atoms with Crippen LogP contribution < -0.4 is 0 Å². The summed E-state index contributed by atoms with van der Waals surface area (Å²) in [5, 5.41) is 13.9. The molecule has 1 aromatic heterocycles. The Balaban J connectivity index is 1.56. The molecule has 0 aromatic carbocycles. The smallest absolute Gasteiger partial charge is 0.0984 e. The van der Waals surface area contributed by atoms with Gasteiger partial charge in [-0.1, -0.05) is 6.92 Å². The van der Waals surface area contributed by atoms with Crippen molar-refractivity contribution in [1.29, 1.82) is 0 Å². The maximum Gasteiger partial charge on any atom is 0.0984 e. The third-order valence-electron chi connectivity index (χ3n) is 4.85. The first-order valence-electron chi connectivity index (χ1n) is 7.52. The normalized spacial score (nSPS) is 26.5. The van der Waals surface area contributed by atoms with Crippen LogP contribution in [0.2, 0.25) is 0 Å². The highest BCUT2D eigenvalue weighted by atomic mass is 32.1. The Morgan fingerprint density at radius 3 is 2.60 bits per heavy atom. The fourth-order valence-electron chi connectivity index (χ4n) is 3.27. The number of piperidine rings is 1. The lowest BCUT2D eigenvalue weighted by Gasteiger charge is -2.42. The zero-order valence-electron chi connectivity index (χ0n) is 12.2. The van der Waals surface area contributed by atoms with Crippen molar-refractivity contribution in [2.75, 3.05) is 32.8 Å². The summed E-state index contributed by atoms with van der Waals surface area (Å²) < 4.78 is 5.35. The van der Waals surface area contributed by atoms with Gasteiger partial charge >= 0.3 is 0 Å². The predicted octanol–water partition coefficient (Wildman–Crippen LogP) is 2.04. The first kappa shape index (κ1) is 14.4. The Kier molecular flexibility index (Phi) is 4.13. The van der Waals surface area contributed by atoms with Crippen LogP contribution in [0.4, 0.5) is 0 Å². The van der Waals surface area contributed by atoms with Crippen molar-refractivity contribution < 1.29 is 9.84 Å². The highest BCUT2D eigenvalue weighted by Crippen LogP contribution is 2.36. The van der Waals surface area contributed by atoms with E-state index in [1.165, 1.54) is 5.01 Å². The van der Waals surface area contributed by atoms with Crippen LogP contribution in [0.3, 0.4) is 0 Å². The van der Waals surface area contributed by atoms with Crippen molar-refractivity contribution in [2.45, 2.75) is 43.6 Å². The molecule has 0 amide bonds. The van der Waals surface area contributed by atoms with Crippen LogP contribution in [-0.4, -0.2) is 53.4 Å². The van der Waals surface area contributed by atoms with Crippen LogP contribution in [0.25, 0.3) is 0 Å². The minimum atomic E-state index is -0.535. The van der Waals surface area contributed by atoms with Crippen LogP contribution in [0.1, 0.15) is 37.6 Å². The standard InChI is InChI=1S/C15H24N2O2S/c1-14(13-16-6-11-20-13)2-7-17(8-3-14)12-15(18)4-9-19-10-5-15/h6,11,18H,2-5,7-10,12H2,1H3. The predicted molar refractivity (Wildman–Crippen MR) is 80.1 cm³/mol. The summed E-state index contributed by atoms with van der Waals surface area (Å²) in [6.45, 7) is 6.62. The second kappa shape index (κ2) is 5.72. The molecule has 0 bridgehead atoms. The molecule has 2 fully saturated rings. The molecule has 112 valence electrons. The molecule has 1 N–H and O–H groups in total. The van der Waals surface area contributed by atoms with Gasteiger partial charge in [0.2, 0.25) is 0 Å². The maximum absolute atomic E-state index is 10.6. The van der Waals surface area contributed by atoms with Gasteiger partial charge in [-0.2, -0.15) is 0 Å². The molecule has 5 heteroatoms. The second-order valence-corrected chi connectivity index (χ2v) is 7.41. The molecule has 0 aliphatic carbocycles. The lowest BCUT2D eigenvalue weighted by molar-refractivity contribution is -0.0835. The SMILES string of the molecule is CC1(c2nccs2)CCN(CC2(O)CCOCC2)CC1. The second-order valence-electron chi connectivity index (χ2n) is 6.51. The Bertz CT molecular complexity index is 421. The number of rotatable bonds is 3. The van der Waals surface area contributed by atoms with Gasteiger partial charge in [-0.15, -0.1) is 11.3 Å². The van der Waals surface area contributed by atoms with E-state index in [1.807, 2.05) is 6.20 Å². The van der Waals surface area contributed by atoms with E-state index >= 15 is 0 Å². The lowest BCUT2D eigenvalue weighted by atomic mass is 9.80. The molecule has 2 aliphatic rings. The largest absolute Gasteiger partial charge is 0.388 e. The molecule has 0 radical (unpaired) electrons. The molecule has 20 heavy (non-hydrogen) atoms. The number of β-amino-alcohol motifs (C(OH)–C–C–N with tert-alkyl or cyclic N) is 1. The topological polar surface area (TPSA) is 45.6 Å². The number of hydrogen-bond acceptors (Lipinski definition) is 5.